The molecule has 0 amide bonds. The van der Waals surface area contributed by atoms with Crippen LogP contribution >= 0.6 is 0 Å². The molecule has 0 bridgehead atoms. The number of ether oxygens (including phenoxy) is 1. The van der Waals surface area contributed by atoms with Crippen molar-refractivity contribution in [2.75, 3.05) is 6.61 Å². The SMILES string of the molecule is C#Cc1ccc(C(C)=O)c(OCC(F)(F)F)c1. The Kier molecular flexibility index (Phi) is 3.79. The summed E-state index contributed by atoms with van der Waals surface area (Å²) < 4.78 is 40.6. The monoisotopic (exact) mass is 242 g/mol. The first-order valence-electron chi connectivity index (χ1n) is 4.64. The molecule has 1 aromatic carbocycles. The fraction of sp³-hybridized carbons (Fsp3) is 0.250. The smallest absolute Gasteiger partial charge is 0.422 e. The van der Waals surface area contributed by atoms with Gasteiger partial charge in [-0.05, 0) is 25.1 Å². The third kappa shape index (κ3) is 3.83. The summed E-state index contributed by atoms with van der Waals surface area (Å²) in [5.41, 5.74) is 0.431. The number of Topliss-reactive ketones (excluding diaryl/α,β-unsaturated/α-hetero) is 1. The average molecular weight is 242 g/mol. The lowest BCUT2D eigenvalue weighted by Crippen LogP contribution is -2.20. The Morgan fingerprint density at radius 1 is 1.47 bits per heavy atom. The molecule has 90 valence electrons. The maximum atomic E-state index is 12.0. The predicted molar refractivity (Wildman–Crippen MR) is 55.9 cm³/mol. The van der Waals surface area contributed by atoms with E-state index >= 15 is 0 Å². The number of halogens is 3. The molecule has 1 rings (SSSR count). The molecule has 0 fully saturated rings. The number of terminal acetylenes is 1. The van der Waals surface area contributed by atoms with Crippen molar-refractivity contribution in [1.82, 2.24) is 0 Å². The Morgan fingerprint density at radius 3 is 2.59 bits per heavy atom. The van der Waals surface area contributed by atoms with Gasteiger partial charge < -0.3 is 4.74 Å². The molecule has 0 heterocycles. The van der Waals surface area contributed by atoms with Gasteiger partial charge in [0.25, 0.3) is 0 Å². The van der Waals surface area contributed by atoms with Gasteiger partial charge in [-0.3, -0.25) is 4.79 Å². The van der Waals surface area contributed by atoms with Crippen molar-refractivity contribution >= 4 is 5.78 Å². The van der Waals surface area contributed by atoms with Crippen LogP contribution in [0.25, 0.3) is 0 Å². The molecule has 0 aliphatic rings. The second-order valence-electron chi connectivity index (χ2n) is 3.32. The Bertz CT molecular complexity index is 470. The summed E-state index contributed by atoms with van der Waals surface area (Å²) in [5.74, 6) is 1.73. The Morgan fingerprint density at radius 2 is 2.12 bits per heavy atom. The highest BCUT2D eigenvalue weighted by Gasteiger charge is 2.29. The quantitative estimate of drug-likeness (QED) is 0.601. The second kappa shape index (κ2) is 4.91. The summed E-state index contributed by atoms with van der Waals surface area (Å²) in [5, 5.41) is 0. The van der Waals surface area contributed by atoms with E-state index in [0.717, 1.165) is 0 Å². The molecule has 0 N–H and O–H groups in total. The largest absolute Gasteiger partial charge is 0.483 e. The fourth-order valence-corrected chi connectivity index (χ4v) is 1.18. The summed E-state index contributed by atoms with van der Waals surface area (Å²) in [4.78, 5) is 11.2. The zero-order valence-electron chi connectivity index (χ0n) is 8.97. The number of hydrogen-bond acceptors (Lipinski definition) is 2. The minimum Gasteiger partial charge on any atom is -0.483 e. The number of hydrogen-bond donors (Lipinski definition) is 0. The van der Waals surface area contributed by atoms with E-state index in [1.807, 2.05) is 0 Å². The highest BCUT2D eigenvalue weighted by Crippen LogP contribution is 2.24. The third-order valence-corrected chi connectivity index (χ3v) is 1.92. The molecule has 0 atom stereocenters. The molecule has 2 nitrogen and oxygen atoms in total. The molecule has 0 spiro atoms. The topological polar surface area (TPSA) is 26.3 Å². The van der Waals surface area contributed by atoms with Crippen LogP contribution in [0.1, 0.15) is 22.8 Å². The van der Waals surface area contributed by atoms with Crippen molar-refractivity contribution in [3.8, 4) is 18.1 Å². The van der Waals surface area contributed by atoms with Gasteiger partial charge in [-0.1, -0.05) is 5.92 Å². The zero-order chi connectivity index (χ0) is 13.1. The molecular weight excluding hydrogens is 233 g/mol. The number of carbonyl (C=O) groups excluding carboxylic acids is 1. The van der Waals surface area contributed by atoms with Crippen molar-refractivity contribution in [3.05, 3.63) is 29.3 Å². The van der Waals surface area contributed by atoms with Crippen molar-refractivity contribution in [2.45, 2.75) is 13.1 Å². The number of benzene rings is 1. The van der Waals surface area contributed by atoms with Gasteiger partial charge in [0.1, 0.15) is 5.75 Å². The van der Waals surface area contributed by atoms with Crippen LogP contribution in [0.2, 0.25) is 0 Å². The van der Waals surface area contributed by atoms with E-state index in [2.05, 4.69) is 10.7 Å². The number of alkyl halides is 3. The maximum Gasteiger partial charge on any atom is 0.422 e. The van der Waals surface area contributed by atoms with E-state index in [4.69, 9.17) is 6.42 Å². The summed E-state index contributed by atoms with van der Waals surface area (Å²) in [6, 6.07) is 4.06. The van der Waals surface area contributed by atoms with Crippen LogP contribution < -0.4 is 4.74 Å². The minimum atomic E-state index is -4.46. The molecule has 0 aliphatic heterocycles. The van der Waals surface area contributed by atoms with Gasteiger partial charge in [0, 0.05) is 5.56 Å². The molecule has 17 heavy (non-hydrogen) atoms. The van der Waals surface area contributed by atoms with E-state index in [9.17, 15) is 18.0 Å². The Hall–Kier alpha value is -1.96. The fourth-order valence-electron chi connectivity index (χ4n) is 1.18. The van der Waals surface area contributed by atoms with Crippen LogP contribution in [0.5, 0.6) is 5.75 Å². The molecule has 1 aromatic rings. The van der Waals surface area contributed by atoms with Gasteiger partial charge in [-0.15, -0.1) is 6.42 Å². The molecule has 5 heteroatoms. The van der Waals surface area contributed by atoms with Gasteiger partial charge in [0.05, 0.1) is 5.56 Å². The maximum absolute atomic E-state index is 12.0. The van der Waals surface area contributed by atoms with Gasteiger partial charge in [0.2, 0.25) is 0 Å². The summed E-state index contributed by atoms with van der Waals surface area (Å²) in [7, 11) is 0. The Labute approximate surface area is 96.4 Å². The van der Waals surface area contributed by atoms with Crippen LogP contribution in [-0.2, 0) is 0 Å². The molecule has 0 aromatic heterocycles. The van der Waals surface area contributed by atoms with E-state index in [-0.39, 0.29) is 17.1 Å². The molecule has 0 radical (unpaired) electrons. The Balaban J connectivity index is 3.02. The van der Waals surface area contributed by atoms with Gasteiger partial charge in [-0.25, -0.2) is 0 Å². The highest BCUT2D eigenvalue weighted by atomic mass is 19.4. The lowest BCUT2D eigenvalue weighted by Gasteiger charge is -2.12. The third-order valence-electron chi connectivity index (χ3n) is 1.92. The van der Waals surface area contributed by atoms with E-state index in [1.165, 1.54) is 25.1 Å². The van der Waals surface area contributed by atoms with Crippen LogP contribution in [0, 0.1) is 12.3 Å². The molecule has 0 saturated heterocycles. The molecule has 0 unspecified atom stereocenters. The van der Waals surface area contributed by atoms with E-state index in [0.29, 0.717) is 5.56 Å². The van der Waals surface area contributed by atoms with Gasteiger partial charge >= 0.3 is 6.18 Å². The van der Waals surface area contributed by atoms with Crippen molar-refractivity contribution in [3.63, 3.8) is 0 Å². The minimum absolute atomic E-state index is 0.0771. The number of rotatable bonds is 3. The highest BCUT2D eigenvalue weighted by molar-refractivity contribution is 5.97. The lowest BCUT2D eigenvalue weighted by atomic mass is 10.1. The predicted octanol–water partition coefficient (Wildman–Crippen LogP) is 2.81. The first-order chi connectivity index (χ1) is 7.83. The normalized spacial score (nSPS) is 10.8. The lowest BCUT2D eigenvalue weighted by molar-refractivity contribution is -0.153. The van der Waals surface area contributed by atoms with E-state index in [1.54, 1.807) is 0 Å². The zero-order valence-corrected chi connectivity index (χ0v) is 8.97. The van der Waals surface area contributed by atoms with E-state index < -0.39 is 12.8 Å². The van der Waals surface area contributed by atoms with Crippen LogP contribution in [0.15, 0.2) is 18.2 Å². The average Bonchev–Trinajstić information content (AvgIpc) is 2.24. The number of carbonyl (C=O) groups is 1. The van der Waals surface area contributed by atoms with Gasteiger partial charge in [0.15, 0.2) is 12.4 Å². The van der Waals surface area contributed by atoms with Gasteiger partial charge in [-0.2, -0.15) is 13.2 Å². The summed E-state index contributed by atoms with van der Waals surface area (Å²) in [6.07, 6.45) is 0.656. The molecule has 0 saturated carbocycles. The molecular formula is C12H9F3O2. The molecule has 0 aliphatic carbocycles. The van der Waals surface area contributed by atoms with Crippen molar-refractivity contribution in [2.24, 2.45) is 0 Å². The van der Waals surface area contributed by atoms with Crippen molar-refractivity contribution in [1.29, 1.82) is 0 Å². The summed E-state index contributed by atoms with van der Waals surface area (Å²) >= 11 is 0. The van der Waals surface area contributed by atoms with Crippen LogP contribution in [0.3, 0.4) is 0 Å². The standard InChI is InChI=1S/C12H9F3O2/c1-3-9-4-5-10(8(2)16)11(6-9)17-7-12(13,14)15/h1,4-6H,7H2,2H3. The van der Waals surface area contributed by atoms with Crippen LogP contribution in [0.4, 0.5) is 13.2 Å². The first kappa shape index (κ1) is 13.1. The van der Waals surface area contributed by atoms with Crippen LogP contribution in [-0.4, -0.2) is 18.6 Å². The number of ketones is 1. The summed E-state index contributed by atoms with van der Waals surface area (Å²) in [6.45, 7) is -0.216. The van der Waals surface area contributed by atoms with Crippen molar-refractivity contribution < 1.29 is 22.7 Å². The second-order valence-corrected chi connectivity index (χ2v) is 3.32. The first-order valence-corrected chi connectivity index (χ1v) is 4.64.